The lowest BCUT2D eigenvalue weighted by atomic mass is 10.2. The Bertz CT molecular complexity index is 738. The number of hydrogen-bond donors (Lipinski definition) is 0. The summed E-state index contributed by atoms with van der Waals surface area (Å²) in [5, 5.41) is 0. The van der Waals surface area contributed by atoms with Gasteiger partial charge in [0.1, 0.15) is 11.9 Å². The molecule has 1 aromatic carbocycles. The molecule has 2 heterocycles. The molecule has 1 aliphatic rings. The number of para-hydroxylation sites is 1. The Kier molecular flexibility index (Phi) is 5.33. The third-order valence-corrected chi connectivity index (χ3v) is 3.94. The second-order valence-electron chi connectivity index (χ2n) is 5.61. The Morgan fingerprint density at radius 1 is 1.28 bits per heavy atom. The summed E-state index contributed by atoms with van der Waals surface area (Å²) in [5.74, 6) is 1.35. The van der Waals surface area contributed by atoms with Crippen molar-refractivity contribution in [3.05, 3.63) is 42.2 Å². The third-order valence-electron chi connectivity index (χ3n) is 3.94. The van der Waals surface area contributed by atoms with Crippen molar-refractivity contribution in [3.8, 4) is 17.5 Å². The van der Waals surface area contributed by atoms with Gasteiger partial charge in [0.2, 0.25) is 11.8 Å². The highest BCUT2D eigenvalue weighted by Crippen LogP contribution is 2.24. The average molecular weight is 343 g/mol. The van der Waals surface area contributed by atoms with E-state index in [0.29, 0.717) is 42.8 Å². The van der Waals surface area contributed by atoms with E-state index in [1.165, 1.54) is 19.5 Å². The summed E-state index contributed by atoms with van der Waals surface area (Å²) in [6, 6.07) is 7.30. The maximum atomic E-state index is 12.8. The number of carbonyl (C=O) groups excluding carboxylic acids is 1. The Hall–Kier alpha value is -2.83. The van der Waals surface area contributed by atoms with Gasteiger partial charge in [0, 0.05) is 13.0 Å². The monoisotopic (exact) mass is 343 g/mol. The number of amides is 1. The molecule has 1 atom stereocenters. The van der Waals surface area contributed by atoms with Crippen molar-refractivity contribution < 1.29 is 19.0 Å². The molecule has 2 aromatic rings. The molecule has 0 bridgehead atoms. The standard InChI is InChI=1S/C18H21N3O4/c1-3-24-15-7-5-4-6-14(15)18(22)21-9-8-13(12-21)25-17-11-19-10-16(20-17)23-2/h4-7,10-11,13H,3,8-9,12H2,1-2H3/t13-/m0/s1. The molecule has 7 heteroatoms. The number of ether oxygens (including phenoxy) is 3. The molecule has 1 aliphatic heterocycles. The molecule has 0 radical (unpaired) electrons. The Morgan fingerprint density at radius 3 is 2.88 bits per heavy atom. The maximum absolute atomic E-state index is 12.8. The summed E-state index contributed by atoms with van der Waals surface area (Å²) in [5.41, 5.74) is 0.575. The normalized spacial score (nSPS) is 16.6. The number of aromatic nitrogens is 2. The van der Waals surface area contributed by atoms with E-state index in [1.54, 1.807) is 11.0 Å². The quantitative estimate of drug-likeness (QED) is 0.800. The van der Waals surface area contributed by atoms with Gasteiger partial charge in [-0.1, -0.05) is 12.1 Å². The van der Waals surface area contributed by atoms with Crippen LogP contribution in [0.15, 0.2) is 36.7 Å². The zero-order valence-electron chi connectivity index (χ0n) is 14.3. The minimum absolute atomic E-state index is 0.0492. The van der Waals surface area contributed by atoms with E-state index in [4.69, 9.17) is 14.2 Å². The molecule has 0 unspecified atom stereocenters. The molecular weight excluding hydrogens is 322 g/mol. The minimum Gasteiger partial charge on any atom is -0.493 e. The first-order valence-corrected chi connectivity index (χ1v) is 8.25. The van der Waals surface area contributed by atoms with E-state index in [9.17, 15) is 4.79 Å². The predicted molar refractivity (Wildman–Crippen MR) is 91.1 cm³/mol. The molecule has 25 heavy (non-hydrogen) atoms. The van der Waals surface area contributed by atoms with Gasteiger partial charge in [-0.15, -0.1) is 0 Å². The van der Waals surface area contributed by atoms with Crippen LogP contribution in [0.1, 0.15) is 23.7 Å². The number of hydrogen-bond acceptors (Lipinski definition) is 6. The lowest BCUT2D eigenvalue weighted by Crippen LogP contribution is -2.31. The summed E-state index contributed by atoms with van der Waals surface area (Å²) in [4.78, 5) is 22.8. The first kappa shape index (κ1) is 17.0. The van der Waals surface area contributed by atoms with Crippen LogP contribution in [0, 0.1) is 0 Å². The molecule has 1 saturated heterocycles. The van der Waals surface area contributed by atoms with Crippen LogP contribution in [0.2, 0.25) is 0 Å². The second-order valence-corrected chi connectivity index (χ2v) is 5.61. The topological polar surface area (TPSA) is 73.8 Å². The van der Waals surface area contributed by atoms with E-state index in [-0.39, 0.29) is 12.0 Å². The van der Waals surface area contributed by atoms with E-state index in [2.05, 4.69) is 9.97 Å². The molecule has 0 spiro atoms. The van der Waals surface area contributed by atoms with E-state index in [0.717, 1.165) is 6.42 Å². The van der Waals surface area contributed by atoms with Gasteiger partial charge in [-0.3, -0.25) is 9.78 Å². The van der Waals surface area contributed by atoms with Crippen LogP contribution in [0.25, 0.3) is 0 Å². The summed E-state index contributed by atoms with van der Waals surface area (Å²) in [7, 11) is 1.53. The smallest absolute Gasteiger partial charge is 0.257 e. The van der Waals surface area contributed by atoms with Crippen LogP contribution < -0.4 is 14.2 Å². The van der Waals surface area contributed by atoms with Crippen LogP contribution in [-0.2, 0) is 0 Å². The Labute approximate surface area is 146 Å². The summed E-state index contributed by atoms with van der Waals surface area (Å²) >= 11 is 0. The van der Waals surface area contributed by atoms with Gasteiger partial charge in [-0.25, -0.2) is 0 Å². The van der Waals surface area contributed by atoms with Gasteiger partial charge >= 0.3 is 0 Å². The first-order valence-electron chi connectivity index (χ1n) is 8.25. The number of carbonyl (C=O) groups is 1. The van der Waals surface area contributed by atoms with Gasteiger partial charge in [0.05, 0.1) is 38.2 Å². The summed E-state index contributed by atoms with van der Waals surface area (Å²) in [6.45, 7) is 3.54. The fourth-order valence-corrected chi connectivity index (χ4v) is 2.76. The fraction of sp³-hybridized carbons (Fsp3) is 0.389. The molecule has 1 amide bonds. The maximum Gasteiger partial charge on any atom is 0.257 e. The lowest BCUT2D eigenvalue weighted by Gasteiger charge is -2.18. The van der Waals surface area contributed by atoms with Gasteiger partial charge in [-0.05, 0) is 19.1 Å². The van der Waals surface area contributed by atoms with E-state index < -0.39 is 0 Å². The van der Waals surface area contributed by atoms with Crippen LogP contribution in [0.5, 0.6) is 17.5 Å². The highest BCUT2D eigenvalue weighted by atomic mass is 16.5. The van der Waals surface area contributed by atoms with Gasteiger partial charge < -0.3 is 19.1 Å². The van der Waals surface area contributed by atoms with Crippen molar-refractivity contribution in [3.63, 3.8) is 0 Å². The molecule has 0 N–H and O–H groups in total. The SMILES string of the molecule is CCOc1ccccc1C(=O)N1CC[C@H](Oc2cncc(OC)n2)C1. The van der Waals surface area contributed by atoms with Crippen molar-refractivity contribution >= 4 is 5.91 Å². The molecule has 1 aromatic heterocycles. The molecule has 132 valence electrons. The van der Waals surface area contributed by atoms with Gasteiger partial charge in [0.25, 0.3) is 5.91 Å². The fourth-order valence-electron chi connectivity index (χ4n) is 2.76. The van der Waals surface area contributed by atoms with Gasteiger partial charge in [0.15, 0.2) is 0 Å². The molecule has 7 nitrogen and oxygen atoms in total. The van der Waals surface area contributed by atoms with Gasteiger partial charge in [-0.2, -0.15) is 4.98 Å². The molecule has 0 saturated carbocycles. The average Bonchev–Trinajstić information content (AvgIpc) is 3.10. The highest BCUT2D eigenvalue weighted by Gasteiger charge is 2.30. The Morgan fingerprint density at radius 2 is 2.08 bits per heavy atom. The van der Waals surface area contributed by atoms with Crippen molar-refractivity contribution in [2.45, 2.75) is 19.4 Å². The first-order chi connectivity index (χ1) is 12.2. The summed E-state index contributed by atoms with van der Waals surface area (Å²) in [6.07, 6.45) is 3.67. The third kappa shape index (κ3) is 3.99. The van der Waals surface area contributed by atoms with E-state index in [1.807, 2.05) is 25.1 Å². The Balaban J connectivity index is 1.65. The largest absolute Gasteiger partial charge is 0.493 e. The van der Waals surface area contributed by atoms with Crippen LogP contribution in [0.3, 0.4) is 0 Å². The number of benzene rings is 1. The summed E-state index contributed by atoms with van der Waals surface area (Å²) < 4.78 is 16.4. The lowest BCUT2D eigenvalue weighted by molar-refractivity contribution is 0.0766. The molecule has 1 fully saturated rings. The number of likely N-dealkylation sites (tertiary alicyclic amines) is 1. The van der Waals surface area contributed by atoms with E-state index >= 15 is 0 Å². The minimum atomic E-state index is -0.121. The van der Waals surface area contributed by atoms with Crippen molar-refractivity contribution in [2.75, 3.05) is 26.8 Å². The zero-order chi connectivity index (χ0) is 17.6. The molecule has 0 aliphatic carbocycles. The van der Waals surface area contributed by atoms with Crippen molar-refractivity contribution in [1.29, 1.82) is 0 Å². The van der Waals surface area contributed by atoms with Crippen LogP contribution in [0.4, 0.5) is 0 Å². The molecule has 3 rings (SSSR count). The predicted octanol–water partition coefficient (Wildman–Crippen LogP) is 2.18. The van der Waals surface area contributed by atoms with Crippen LogP contribution >= 0.6 is 0 Å². The molecular formula is C18H21N3O4. The number of nitrogens with zero attached hydrogens (tertiary/aromatic N) is 3. The second kappa shape index (κ2) is 7.83. The zero-order valence-corrected chi connectivity index (χ0v) is 14.3. The highest BCUT2D eigenvalue weighted by molar-refractivity contribution is 5.97. The van der Waals surface area contributed by atoms with Crippen molar-refractivity contribution in [1.82, 2.24) is 14.9 Å². The number of methoxy groups -OCH3 is 1. The van der Waals surface area contributed by atoms with Crippen molar-refractivity contribution in [2.24, 2.45) is 0 Å². The van der Waals surface area contributed by atoms with Crippen LogP contribution in [-0.4, -0.2) is 53.7 Å². The number of rotatable bonds is 6.